The van der Waals surface area contributed by atoms with Crippen LogP contribution in [0.15, 0.2) is 60.8 Å². The third-order valence-corrected chi connectivity index (χ3v) is 5.81. The Morgan fingerprint density at radius 2 is 1.73 bits per heavy atom. The number of carbonyl (C=O) groups excluding carboxylic acids is 2. The lowest BCUT2D eigenvalue weighted by molar-refractivity contribution is -0.137. The van der Waals surface area contributed by atoms with Crippen molar-refractivity contribution in [3.05, 3.63) is 77.6 Å². The highest BCUT2D eigenvalue weighted by Gasteiger charge is 2.31. The third-order valence-electron chi connectivity index (χ3n) is 5.08. The number of benzene rings is 2. The predicted molar refractivity (Wildman–Crippen MR) is 140 cm³/mol. The van der Waals surface area contributed by atoms with Gasteiger partial charge in [-0.25, -0.2) is 17.9 Å². The molecule has 1 heterocycles. The van der Waals surface area contributed by atoms with Gasteiger partial charge >= 0.3 is 12.2 Å². The van der Waals surface area contributed by atoms with Gasteiger partial charge in [0.2, 0.25) is 10.0 Å². The van der Waals surface area contributed by atoms with Crippen molar-refractivity contribution in [1.29, 1.82) is 0 Å². The molecule has 3 aromatic rings. The average molecular weight is 582 g/mol. The number of sulfonamides is 1. The Bertz CT molecular complexity index is 1450. The van der Waals surface area contributed by atoms with E-state index >= 15 is 0 Å². The molecule has 3 rings (SSSR count). The third kappa shape index (κ3) is 9.43. The monoisotopic (exact) mass is 581 g/mol. The summed E-state index contributed by atoms with van der Waals surface area (Å²) in [5, 5.41) is 7.35. The highest BCUT2D eigenvalue weighted by atomic mass is 32.2. The molecule has 1 aromatic heterocycles. The molecule has 0 atom stereocenters. The number of rotatable bonds is 11. The summed E-state index contributed by atoms with van der Waals surface area (Å²) in [7, 11) is -1.99. The van der Waals surface area contributed by atoms with Crippen LogP contribution < -0.4 is 30.1 Å². The molecule has 214 valence electrons. The number of amides is 3. The van der Waals surface area contributed by atoms with Gasteiger partial charge in [0.1, 0.15) is 29.5 Å². The van der Waals surface area contributed by atoms with Crippen molar-refractivity contribution in [2.75, 3.05) is 31.8 Å². The first kappa shape index (κ1) is 30.2. The zero-order chi connectivity index (χ0) is 29.3. The van der Waals surface area contributed by atoms with Crippen LogP contribution in [-0.2, 0) is 22.7 Å². The van der Waals surface area contributed by atoms with Crippen molar-refractivity contribution in [2.24, 2.45) is 0 Å². The Hall–Kier alpha value is -4.37. The van der Waals surface area contributed by atoms with E-state index in [9.17, 15) is 31.2 Å². The summed E-state index contributed by atoms with van der Waals surface area (Å²) in [6.07, 6.45) is -2.27. The van der Waals surface area contributed by atoms with Gasteiger partial charge in [0.05, 0.1) is 17.5 Å². The smallest absolute Gasteiger partial charge is 0.416 e. The lowest BCUT2D eigenvalue weighted by Gasteiger charge is -2.16. The number of ether oxygens (including phenoxy) is 2. The molecule has 0 saturated carbocycles. The molecule has 2 aromatic carbocycles. The van der Waals surface area contributed by atoms with Gasteiger partial charge in [0.25, 0.3) is 5.91 Å². The van der Waals surface area contributed by atoms with Crippen molar-refractivity contribution < 1.29 is 40.7 Å². The van der Waals surface area contributed by atoms with E-state index in [4.69, 9.17) is 9.47 Å². The van der Waals surface area contributed by atoms with E-state index in [-0.39, 0.29) is 42.7 Å². The Morgan fingerprint density at radius 3 is 2.38 bits per heavy atom. The van der Waals surface area contributed by atoms with E-state index in [2.05, 4.69) is 25.7 Å². The fraction of sp³-hybridized carbons (Fsp3) is 0.240. The topological polar surface area (TPSA) is 148 Å². The van der Waals surface area contributed by atoms with Crippen LogP contribution in [0.25, 0.3) is 0 Å². The van der Waals surface area contributed by atoms with Crippen molar-refractivity contribution in [3.63, 3.8) is 0 Å². The molecule has 0 fully saturated rings. The van der Waals surface area contributed by atoms with Gasteiger partial charge in [-0.2, -0.15) is 13.2 Å². The second-order valence-electron chi connectivity index (χ2n) is 8.23. The molecule has 0 aliphatic heterocycles. The first-order valence-corrected chi connectivity index (χ1v) is 13.5. The fourth-order valence-corrected chi connectivity index (χ4v) is 3.66. The van der Waals surface area contributed by atoms with E-state index in [1.807, 2.05) is 0 Å². The summed E-state index contributed by atoms with van der Waals surface area (Å²) < 4.78 is 75.2. The molecule has 0 unspecified atom stereocenters. The zero-order valence-corrected chi connectivity index (χ0v) is 22.2. The van der Waals surface area contributed by atoms with Crippen LogP contribution in [0.5, 0.6) is 17.2 Å². The number of hydrogen-bond donors (Lipinski definition) is 4. The Morgan fingerprint density at radius 1 is 1.00 bits per heavy atom. The van der Waals surface area contributed by atoms with Crippen LogP contribution in [-0.4, -0.2) is 51.8 Å². The maximum absolute atomic E-state index is 13.2. The van der Waals surface area contributed by atoms with Gasteiger partial charge < -0.3 is 25.4 Å². The van der Waals surface area contributed by atoms with Gasteiger partial charge in [0, 0.05) is 32.4 Å². The van der Waals surface area contributed by atoms with Crippen LogP contribution in [0.3, 0.4) is 0 Å². The SMILES string of the molecule is CNC(=O)c1cc(Oc2ccc(CNC(=O)Nc3cc(C(F)(F)F)ccc3OCCNS(C)(=O)=O)cc2)ccn1. The normalized spacial score (nSPS) is 11.4. The van der Waals surface area contributed by atoms with Gasteiger partial charge in [0.15, 0.2) is 0 Å². The van der Waals surface area contributed by atoms with Crippen molar-refractivity contribution >= 4 is 27.6 Å². The zero-order valence-electron chi connectivity index (χ0n) is 21.3. The molecule has 11 nitrogen and oxygen atoms in total. The summed E-state index contributed by atoms with van der Waals surface area (Å²) in [6.45, 7) is -0.271. The molecular weight excluding hydrogens is 555 g/mol. The number of aromatic nitrogens is 1. The predicted octanol–water partition coefficient (Wildman–Crippen LogP) is 3.50. The summed E-state index contributed by atoms with van der Waals surface area (Å²) in [5.74, 6) is 0.414. The lowest BCUT2D eigenvalue weighted by atomic mass is 10.1. The minimum absolute atomic E-state index is 0.0373. The van der Waals surface area contributed by atoms with E-state index in [0.717, 1.165) is 24.5 Å². The Labute approximate surface area is 228 Å². The average Bonchev–Trinajstić information content (AvgIpc) is 2.90. The number of nitrogens with zero attached hydrogens (tertiary/aromatic N) is 1. The maximum Gasteiger partial charge on any atom is 0.416 e. The second kappa shape index (κ2) is 13.1. The minimum Gasteiger partial charge on any atom is -0.490 e. The van der Waals surface area contributed by atoms with Crippen molar-refractivity contribution in [3.8, 4) is 17.2 Å². The van der Waals surface area contributed by atoms with E-state index < -0.39 is 27.8 Å². The molecule has 0 saturated heterocycles. The second-order valence-corrected chi connectivity index (χ2v) is 10.1. The van der Waals surface area contributed by atoms with E-state index in [1.165, 1.54) is 19.3 Å². The van der Waals surface area contributed by atoms with Crippen LogP contribution >= 0.6 is 0 Å². The summed E-state index contributed by atoms with van der Waals surface area (Å²) in [4.78, 5) is 28.2. The number of alkyl halides is 3. The largest absolute Gasteiger partial charge is 0.490 e. The van der Waals surface area contributed by atoms with Crippen molar-refractivity contribution in [1.82, 2.24) is 20.3 Å². The molecule has 0 aliphatic rings. The molecule has 3 amide bonds. The van der Waals surface area contributed by atoms with Crippen molar-refractivity contribution in [2.45, 2.75) is 12.7 Å². The molecule has 0 radical (unpaired) electrons. The van der Waals surface area contributed by atoms with Gasteiger partial charge in [-0.05, 0) is 42.0 Å². The first-order valence-electron chi connectivity index (χ1n) is 11.6. The molecule has 0 spiro atoms. The number of hydrogen-bond acceptors (Lipinski definition) is 7. The number of anilines is 1. The molecule has 40 heavy (non-hydrogen) atoms. The maximum atomic E-state index is 13.2. The quantitative estimate of drug-likeness (QED) is 0.253. The Balaban J connectivity index is 1.60. The lowest BCUT2D eigenvalue weighted by Crippen LogP contribution is -2.29. The summed E-state index contributed by atoms with van der Waals surface area (Å²) >= 11 is 0. The van der Waals surface area contributed by atoms with Crippen LogP contribution in [0.1, 0.15) is 21.6 Å². The van der Waals surface area contributed by atoms with E-state index in [1.54, 1.807) is 30.3 Å². The van der Waals surface area contributed by atoms with Gasteiger partial charge in [-0.1, -0.05) is 12.1 Å². The molecule has 4 N–H and O–H groups in total. The molecule has 0 aliphatic carbocycles. The van der Waals surface area contributed by atoms with Crippen LogP contribution in [0.2, 0.25) is 0 Å². The number of urea groups is 1. The number of halogens is 3. The first-order chi connectivity index (χ1) is 18.8. The minimum atomic E-state index is -4.66. The summed E-state index contributed by atoms with van der Waals surface area (Å²) in [5.41, 5.74) is -0.400. The van der Waals surface area contributed by atoms with Crippen LogP contribution in [0, 0.1) is 0 Å². The fourth-order valence-electron chi connectivity index (χ4n) is 3.21. The molecule has 15 heteroatoms. The number of carbonyl (C=O) groups is 2. The highest BCUT2D eigenvalue weighted by Crippen LogP contribution is 2.35. The number of nitrogens with one attached hydrogen (secondary N) is 4. The molecular formula is C25H26F3N5O6S. The number of pyridine rings is 1. The van der Waals surface area contributed by atoms with Crippen LogP contribution in [0.4, 0.5) is 23.7 Å². The van der Waals surface area contributed by atoms with Gasteiger partial charge in [-0.15, -0.1) is 0 Å². The van der Waals surface area contributed by atoms with E-state index in [0.29, 0.717) is 17.1 Å². The Kier molecular flexibility index (Phi) is 9.90. The molecule has 0 bridgehead atoms. The standard InChI is InChI=1S/C25H26F3N5O6S/c1-29-23(34)21-14-19(9-10-30-21)39-18-6-3-16(4-7-18)15-31-24(35)33-20-13-17(25(26,27)28)5-8-22(20)38-12-11-32-40(2,36)37/h3-10,13-14,32H,11-12,15H2,1-2H3,(H,29,34)(H2,31,33,35). The summed E-state index contributed by atoms with van der Waals surface area (Å²) in [6, 6.07) is 11.4. The highest BCUT2D eigenvalue weighted by molar-refractivity contribution is 7.88. The van der Waals surface area contributed by atoms with Gasteiger partial charge in [-0.3, -0.25) is 9.78 Å².